The van der Waals surface area contributed by atoms with Crippen LogP contribution in [0.15, 0.2) is 18.2 Å². The van der Waals surface area contributed by atoms with Gasteiger partial charge in [0.25, 0.3) is 5.91 Å². The quantitative estimate of drug-likeness (QED) is 0.835. The summed E-state index contributed by atoms with van der Waals surface area (Å²) in [6, 6.07) is 4.73. The van der Waals surface area contributed by atoms with Gasteiger partial charge in [-0.05, 0) is 25.1 Å². The molecule has 0 aromatic heterocycles. The molecular formula is C10H10Cl3NO. The molecule has 1 aromatic carbocycles. The molecule has 0 aliphatic heterocycles. The second kappa shape index (κ2) is 5.59. The van der Waals surface area contributed by atoms with Gasteiger partial charge in [-0.15, -0.1) is 11.6 Å². The van der Waals surface area contributed by atoms with Crippen molar-refractivity contribution in [3.63, 3.8) is 0 Å². The van der Waals surface area contributed by atoms with Crippen LogP contribution in [0, 0.1) is 0 Å². The van der Waals surface area contributed by atoms with Gasteiger partial charge in [-0.1, -0.05) is 23.2 Å². The SMILES string of the molecule is CC(Cl)CNC(=O)c1ccc(Cl)cc1Cl. The van der Waals surface area contributed by atoms with Crippen molar-refractivity contribution in [1.82, 2.24) is 5.32 Å². The van der Waals surface area contributed by atoms with Gasteiger partial charge < -0.3 is 5.32 Å². The summed E-state index contributed by atoms with van der Waals surface area (Å²) in [5, 5.41) is 3.39. The van der Waals surface area contributed by atoms with E-state index >= 15 is 0 Å². The number of rotatable bonds is 3. The van der Waals surface area contributed by atoms with Gasteiger partial charge in [0.1, 0.15) is 0 Å². The standard InChI is InChI=1S/C10H10Cl3NO/c1-6(11)5-14-10(15)8-3-2-7(12)4-9(8)13/h2-4,6H,5H2,1H3,(H,14,15). The van der Waals surface area contributed by atoms with E-state index in [1.165, 1.54) is 6.07 Å². The van der Waals surface area contributed by atoms with Crippen molar-refractivity contribution >= 4 is 40.7 Å². The molecule has 82 valence electrons. The van der Waals surface area contributed by atoms with E-state index in [4.69, 9.17) is 34.8 Å². The molecule has 0 spiro atoms. The molecule has 1 atom stereocenters. The first kappa shape index (κ1) is 12.6. The average Bonchev–Trinajstić information content (AvgIpc) is 2.14. The lowest BCUT2D eigenvalue weighted by Crippen LogP contribution is -2.28. The molecule has 2 nitrogen and oxygen atoms in total. The van der Waals surface area contributed by atoms with E-state index in [2.05, 4.69) is 5.32 Å². The van der Waals surface area contributed by atoms with Gasteiger partial charge in [0.15, 0.2) is 0 Å². The molecule has 0 heterocycles. The third-order valence-corrected chi connectivity index (χ3v) is 2.42. The Morgan fingerprint density at radius 2 is 2.13 bits per heavy atom. The van der Waals surface area contributed by atoms with Crippen LogP contribution >= 0.6 is 34.8 Å². The Morgan fingerprint density at radius 1 is 1.47 bits per heavy atom. The Bertz CT molecular complexity index is 366. The highest BCUT2D eigenvalue weighted by molar-refractivity contribution is 6.36. The third-order valence-electron chi connectivity index (χ3n) is 1.72. The Balaban J connectivity index is 2.74. The van der Waals surface area contributed by atoms with Crippen molar-refractivity contribution in [2.45, 2.75) is 12.3 Å². The van der Waals surface area contributed by atoms with E-state index in [0.29, 0.717) is 22.2 Å². The van der Waals surface area contributed by atoms with E-state index in [-0.39, 0.29) is 11.3 Å². The number of halogens is 3. The van der Waals surface area contributed by atoms with E-state index in [9.17, 15) is 4.79 Å². The van der Waals surface area contributed by atoms with Gasteiger partial charge in [-0.3, -0.25) is 4.79 Å². The molecule has 1 unspecified atom stereocenters. The topological polar surface area (TPSA) is 29.1 Å². The van der Waals surface area contributed by atoms with Gasteiger partial charge in [0.2, 0.25) is 0 Å². The Kier molecular flexibility index (Phi) is 4.71. The number of hydrogen-bond donors (Lipinski definition) is 1. The molecule has 1 aromatic rings. The minimum Gasteiger partial charge on any atom is -0.351 e. The van der Waals surface area contributed by atoms with Crippen molar-refractivity contribution in [3.8, 4) is 0 Å². The number of carbonyl (C=O) groups excluding carboxylic acids is 1. The number of nitrogens with one attached hydrogen (secondary N) is 1. The molecule has 5 heteroatoms. The van der Waals surface area contributed by atoms with Crippen molar-refractivity contribution in [1.29, 1.82) is 0 Å². The lowest BCUT2D eigenvalue weighted by molar-refractivity contribution is 0.0954. The van der Waals surface area contributed by atoms with Gasteiger partial charge >= 0.3 is 0 Å². The fraction of sp³-hybridized carbons (Fsp3) is 0.300. The maximum Gasteiger partial charge on any atom is 0.252 e. The second-order valence-corrected chi connectivity index (χ2v) is 4.70. The number of benzene rings is 1. The molecule has 1 rings (SSSR count). The van der Waals surface area contributed by atoms with Gasteiger partial charge in [0.05, 0.1) is 10.6 Å². The first-order valence-corrected chi connectivity index (χ1v) is 5.57. The highest BCUT2D eigenvalue weighted by Crippen LogP contribution is 2.20. The molecule has 0 bridgehead atoms. The lowest BCUT2D eigenvalue weighted by atomic mass is 10.2. The minimum absolute atomic E-state index is 0.111. The predicted molar refractivity (Wildman–Crippen MR) is 64.1 cm³/mol. The molecule has 15 heavy (non-hydrogen) atoms. The fourth-order valence-corrected chi connectivity index (χ4v) is 1.57. The van der Waals surface area contributed by atoms with E-state index in [1.807, 2.05) is 0 Å². The summed E-state index contributed by atoms with van der Waals surface area (Å²) in [7, 11) is 0. The molecule has 0 aliphatic rings. The molecule has 0 fully saturated rings. The minimum atomic E-state index is -0.246. The third kappa shape index (κ3) is 3.90. The van der Waals surface area contributed by atoms with E-state index in [0.717, 1.165) is 0 Å². The van der Waals surface area contributed by atoms with Crippen LogP contribution in [0.25, 0.3) is 0 Å². The summed E-state index contributed by atoms with van der Waals surface area (Å²) in [6.45, 7) is 2.20. The van der Waals surface area contributed by atoms with E-state index < -0.39 is 0 Å². The summed E-state index contributed by atoms with van der Waals surface area (Å²) in [5.41, 5.74) is 0.401. The molecule has 0 aliphatic carbocycles. The summed E-state index contributed by atoms with van der Waals surface area (Å²) in [5.74, 6) is -0.246. The summed E-state index contributed by atoms with van der Waals surface area (Å²) in [6.07, 6.45) is 0. The highest BCUT2D eigenvalue weighted by atomic mass is 35.5. The van der Waals surface area contributed by atoms with Crippen LogP contribution in [0.5, 0.6) is 0 Å². The van der Waals surface area contributed by atoms with Crippen LogP contribution in [0.2, 0.25) is 10.0 Å². The normalized spacial score (nSPS) is 12.3. The number of hydrogen-bond acceptors (Lipinski definition) is 1. The molecule has 1 N–H and O–H groups in total. The van der Waals surface area contributed by atoms with Gasteiger partial charge in [-0.2, -0.15) is 0 Å². The number of amides is 1. The monoisotopic (exact) mass is 265 g/mol. The number of carbonyl (C=O) groups is 1. The fourth-order valence-electron chi connectivity index (χ4n) is 1.00. The zero-order valence-electron chi connectivity index (χ0n) is 8.06. The Labute approximate surface area is 104 Å². The second-order valence-electron chi connectivity index (χ2n) is 3.11. The summed E-state index contributed by atoms with van der Waals surface area (Å²) >= 11 is 17.3. The van der Waals surface area contributed by atoms with Crippen LogP contribution in [0.3, 0.4) is 0 Å². The van der Waals surface area contributed by atoms with Crippen LogP contribution in [0.4, 0.5) is 0 Å². The molecule has 1 amide bonds. The average molecular weight is 267 g/mol. The smallest absolute Gasteiger partial charge is 0.252 e. The van der Waals surface area contributed by atoms with Gasteiger partial charge in [-0.25, -0.2) is 0 Å². The maximum absolute atomic E-state index is 11.6. The largest absolute Gasteiger partial charge is 0.351 e. The van der Waals surface area contributed by atoms with Crippen molar-refractivity contribution in [3.05, 3.63) is 33.8 Å². The zero-order valence-corrected chi connectivity index (χ0v) is 10.3. The molecule has 0 saturated heterocycles. The van der Waals surface area contributed by atoms with Crippen LogP contribution in [0.1, 0.15) is 17.3 Å². The summed E-state index contributed by atoms with van der Waals surface area (Å²) in [4.78, 5) is 11.6. The van der Waals surface area contributed by atoms with Crippen molar-refractivity contribution in [2.24, 2.45) is 0 Å². The first-order chi connectivity index (χ1) is 7.00. The van der Waals surface area contributed by atoms with Crippen molar-refractivity contribution < 1.29 is 4.79 Å². The maximum atomic E-state index is 11.6. The van der Waals surface area contributed by atoms with E-state index in [1.54, 1.807) is 19.1 Å². The van der Waals surface area contributed by atoms with Gasteiger partial charge in [0, 0.05) is 16.9 Å². The van der Waals surface area contributed by atoms with Crippen LogP contribution in [-0.4, -0.2) is 17.8 Å². The zero-order chi connectivity index (χ0) is 11.4. The predicted octanol–water partition coefficient (Wildman–Crippen LogP) is 3.35. The molecular weight excluding hydrogens is 256 g/mol. The Hall–Kier alpha value is -0.440. The Morgan fingerprint density at radius 3 is 2.67 bits per heavy atom. The summed E-state index contributed by atoms with van der Waals surface area (Å²) < 4.78 is 0. The number of alkyl halides is 1. The van der Waals surface area contributed by atoms with Crippen LogP contribution < -0.4 is 5.32 Å². The first-order valence-electron chi connectivity index (χ1n) is 4.38. The lowest BCUT2D eigenvalue weighted by Gasteiger charge is -2.07. The highest BCUT2D eigenvalue weighted by Gasteiger charge is 2.10. The van der Waals surface area contributed by atoms with Crippen LogP contribution in [-0.2, 0) is 0 Å². The molecule has 0 saturated carbocycles. The van der Waals surface area contributed by atoms with Crippen molar-refractivity contribution in [2.75, 3.05) is 6.54 Å². The molecule has 0 radical (unpaired) electrons.